The van der Waals surface area contributed by atoms with Gasteiger partial charge >= 0.3 is 88.7 Å². The predicted octanol–water partition coefficient (Wildman–Crippen LogP) is -3.83. The van der Waals surface area contributed by atoms with E-state index in [0.29, 0.717) is 0 Å². The van der Waals surface area contributed by atoms with Crippen molar-refractivity contribution >= 4 is 54.2 Å². The molecule has 0 amide bonds. The summed E-state index contributed by atoms with van der Waals surface area (Å²) in [5, 5.41) is 3.02. The Labute approximate surface area is 370 Å². The van der Waals surface area contributed by atoms with Gasteiger partial charge in [0.05, 0.1) is 14.7 Å². The van der Waals surface area contributed by atoms with E-state index in [2.05, 4.69) is 0 Å². The van der Waals surface area contributed by atoms with Gasteiger partial charge < -0.3 is 13.7 Å². The SMILES string of the molecule is O=S(=O)([O-])c1ccc(-c2ccc(P(c3ccc(-c4ccc(S(=O)(=O)[O-])cc4)cc3)c3ccc(-c4ccc(S(=O)(=O)[O-])cc4)cc3)cc2)cc1.[Na+].[Na+].[Na+]. The zero-order valence-corrected chi connectivity index (χ0v) is 37.5. The minimum Gasteiger partial charge on any atom is -0.744 e. The molecular weight excluding hydrogens is 773 g/mol. The van der Waals surface area contributed by atoms with E-state index in [1.807, 2.05) is 72.8 Å². The largest absolute Gasteiger partial charge is 1.00 e. The number of benzene rings is 6. The molecule has 0 fully saturated rings. The molecule has 9 nitrogen and oxygen atoms in total. The van der Waals surface area contributed by atoms with Crippen molar-refractivity contribution in [3.8, 4) is 33.4 Å². The van der Waals surface area contributed by atoms with Gasteiger partial charge in [0.15, 0.2) is 0 Å². The predicted molar refractivity (Wildman–Crippen MR) is 185 cm³/mol. The van der Waals surface area contributed by atoms with E-state index in [1.54, 1.807) is 36.4 Å². The molecule has 0 aliphatic rings. The Hall–Kier alpha value is -1.52. The van der Waals surface area contributed by atoms with Gasteiger partial charge in [-0.25, -0.2) is 25.3 Å². The van der Waals surface area contributed by atoms with E-state index in [1.165, 1.54) is 36.4 Å². The molecule has 0 heterocycles. The Balaban J connectivity index is 0.00000243. The maximum atomic E-state index is 11.4. The molecule has 0 aromatic heterocycles. The van der Waals surface area contributed by atoms with Gasteiger partial charge in [-0.15, -0.1) is 0 Å². The van der Waals surface area contributed by atoms with Gasteiger partial charge in [-0.05, 0) is 93.6 Å². The van der Waals surface area contributed by atoms with E-state index in [0.717, 1.165) is 49.3 Å². The number of hydrogen-bond donors (Lipinski definition) is 0. The van der Waals surface area contributed by atoms with Crippen molar-refractivity contribution in [2.75, 3.05) is 0 Å². The van der Waals surface area contributed by atoms with Crippen LogP contribution in [-0.2, 0) is 30.4 Å². The second kappa shape index (κ2) is 18.4. The van der Waals surface area contributed by atoms with Crippen LogP contribution in [0.15, 0.2) is 160 Å². The summed E-state index contributed by atoms with van der Waals surface area (Å²) in [6.45, 7) is 0. The summed E-state index contributed by atoms with van der Waals surface area (Å²) in [7, 11) is -14.8. The summed E-state index contributed by atoms with van der Waals surface area (Å²) in [5.74, 6) is 0. The van der Waals surface area contributed by atoms with Crippen LogP contribution in [0.1, 0.15) is 0 Å². The van der Waals surface area contributed by atoms with Crippen LogP contribution < -0.4 is 105 Å². The minimum absolute atomic E-state index is 0. The molecule has 6 aromatic rings. The quantitative estimate of drug-likeness (QED) is 0.0809. The first-order valence-electron chi connectivity index (χ1n) is 14.5. The van der Waals surface area contributed by atoms with Gasteiger partial charge in [0.25, 0.3) is 0 Å². The van der Waals surface area contributed by atoms with Gasteiger partial charge in [-0.1, -0.05) is 109 Å². The third kappa shape index (κ3) is 10.8. The Morgan fingerprint density at radius 2 is 0.442 bits per heavy atom. The van der Waals surface area contributed by atoms with Gasteiger partial charge in [-0.3, -0.25) is 0 Å². The van der Waals surface area contributed by atoms with Gasteiger partial charge in [0.2, 0.25) is 0 Å². The fourth-order valence-electron chi connectivity index (χ4n) is 5.30. The van der Waals surface area contributed by atoms with Crippen LogP contribution in [0.2, 0.25) is 0 Å². The fourth-order valence-corrected chi connectivity index (χ4v) is 8.94. The summed E-state index contributed by atoms with van der Waals surface area (Å²) >= 11 is 0. The zero-order chi connectivity index (χ0) is 35.0. The fraction of sp³-hybridized carbons (Fsp3) is 0. The van der Waals surface area contributed by atoms with Crippen molar-refractivity contribution < 1.29 is 128 Å². The minimum atomic E-state index is -4.56. The molecular formula is C36H24Na3O9PS3. The summed E-state index contributed by atoms with van der Waals surface area (Å²) in [6.07, 6.45) is 0. The Bertz CT molecular complexity index is 2180. The van der Waals surface area contributed by atoms with Crippen LogP contribution in [-0.4, -0.2) is 38.9 Å². The molecule has 16 heteroatoms. The van der Waals surface area contributed by atoms with Crippen LogP contribution in [0.4, 0.5) is 0 Å². The Morgan fingerprint density at radius 3 is 0.596 bits per heavy atom. The smallest absolute Gasteiger partial charge is 0.744 e. The summed E-state index contributed by atoms with van der Waals surface area (Å²) in [4.78, 5) is -0.914. The maximum absolute atomic E-state index is 11.4. The standard InChI is InChI=1S/C36H27O9PS3.3Na/c37-47(38,39)34-19-7-28(8-20-34)25-1-13-31(14-2-25)46(32-15-3-26(4-16-32)29-9-21-35(22-10-29)48(40,41)42)33-17-5-27(6-18-33)30-11-23-36(24-12-30)49(43,44)45;;;/h1-24H,(H,37,38,39)(H,40,41,42)(H,43,44,45);;;/q;3*+1/p-3. The molecule has 0 unspecified atom stereocenters. The number of hydrogen-bond acceptors (Lipinski definition) is 9. The van der Waals surface area contributed by atoms with E-state index < -0.39 is 38.3 Å². The molecule has 52 heavy (non-hydrogen) atoms. The van der Waals surface area contributed by atoms with E-state index >= 15 is 0 Å². The molecule has 0 aliphatic heterocycles. The van der Waals surface area contributed by atoms with E-state index in [-0.39, 0.29) is 103 Å². The van der Waals surface area contributed by atoms with Gasteiger partial charge in [0.1, 0.15) is 30.4 Å². The summed E-state index contributed by atoms with van der Waals surface area (Å²) in [5.41, 5.74) is 4.69. The molecule has 0 radical (unpaired) electrons. The average molecular weight is 797 g/mol. The normalized spacial score (nSPS) is 11.5. The monoisotopic (exact) mass is 796 g/mol. The molecule has 0 atom stereocenters. The van der Waals surface area contributed by atoms with Crippen molar-refractivity contribution in [2.45, 2.75) is 14.7 Å². The first-order valence-corrected chi connectivity index (χ1v) is 20.0. The average Bonchev–Trinajstić information content (AvgIpc) is 3.08. The summed E-state index contributed by atoms with van der Waals surface area (Å²) < 4.78 is 102. The maximum Gasteiger partial charge on any atom is 1.00 e. The molecule has 6 aromatic carbocycles. The van der Waals surface area contributed by atoms with Crippen molar-refractivity contribution in [3.05, 3.63) is 146 Å². The first kappa shape index (κ1) is 44.9. The van der Waals surface area contributed by atoms with Crippen LogP contribution in [0, 0.1) is 0 Å². The van der Waals surface area contributed by atoms with Gasteiger partial charge in [0, 0.05) is 0 Å². The van der Waals surface area contributed by atoms with Crippen molar-refractivity contribution in [3.63, 3.8) is 0 Å². The van der Waals surface area contributed by atoms with Crippen LogP contribution in [0.5, 0.6) is 0 Å². The Morgan fingerprint density at radius 1 is 0.288 bits per heavy atom. The topological polar surface area (TPSA) is 172 Å². The van der Waals surface area contributed by atoms with Crippen LogP contribution >= 0.6 is 7.92 Å². The molecule has 0 saturated heterocycles. The van der Waals surface area contributed by atoms with Crippen molar-refractivity contribution in [1.82, 2.24) is 0 Å². The molecule has 0 spiro atoms. The second-order valence-electron chi connectivity index (χ2n) is 10.9. The molecule has 0 N–H and O–H groups in total. The first-order chi connectivity index (χ1) is 23.2. The molecule has 6 rings (SSSR count). The molecule has 248 valence electrons. The van der Waals surface area contributed by atoms with E-state index in [9.17, 15) is 38.9 Å². The molecule has 0 saturated carbocycles. The Kier molecular flexibility index (Phi) is 15.9. The molecule has 0 aliphatic carbocycles. The second-order valence-corrected chi connectivity index (χ2v) is 17.3. The van der Waals surface area contributed by atoms with Crippen LogP contribution in [0.3, 0.4) is 0 Å². The van der Waals surface area contributed by atoms with Gasteiger partial charge in [-0.2, -0.15) is 0 Å². The van der Waals surface area contributed by atoms with Crippen LogP contribution in [0.25, 0.3) is 33.4 Å². The van der Waals surface area contributed by atoms with E-state index in [4.69, 9.17) is 0 Å². The third-order valence-corrected chi connectivity index (χ3v) is 12.8. The molecule has 0 bridgehead atoms. The summed E-state index contributed by atoms with van der Waals surface area (Å²) in [6, 6.07) is 40.6. The third-order valence-electron chi connectivity index (χ3n) is 7.81. The van der Waals surface area contributed by atoms with Crippen molar-refractivity contribution in [2.24, 2.45) is 0 Å². The zero-order valence-electron chi connectivity index (χ0n) is 28.2. The number of rotatable bonds is 9. The van der Waals surface area contributed by atoms with Crippen molar-refractivity contribution in [1.29, 1.82) is 0 Å².